The molecule has 0 aliphatic carbocycles. The van der Waals surface area contributed by atoms with Crippen molar-refractivity contribution in [2.24, 2.45) is 17.6 Å². The molecule has 1 fully saturated rings. The van der Waals surface area contributed by atoms with Crippen molar-refractivity contribution in [3.8, 4) is 11.8 Å². The average molecular weight is 471 g/mol. The first-order valence-electron chi connectivity index (χ1n) is 11.6. The van der Waals surface area contributed by atoms with Crippen LogP contribution < -0.4 is 26.4 Å². The van der Waals surface area contributed by atoms with Crippen LogP contribution in [0.4, 0.5) is 0 Å². The molecule has 0 bridgehead atoms. The molecule has 2 amide bonds. The second kappa shape index (κ2) is 11.3. The predicted octanol–water partition coefficient (Wildman–Crippen LogP) is 0.975. The molecule has 10 heteroatoms. The number of aliphatic hydroxyl groups is 1. The van der Waals surface area contributed by atoms with Crippen LogP contribution in [0, 0.1) is 23.2 Å². The molecule has 0 spiro atoms. The number of nitrogens with zero attached hydrogens (tertiary/aromatic N) is 1. The summed E-state index contributed by atoms with van der Waals surface area (Å²) in [7, 11) is 1.56. The Morgan fingerprint density at radius 1 is 1.35 bits per heavy atom. The van der Waals surface area contributed by atoms with E-state index in [0.29, 0.717) is 30.8 Å². The molecule has 0 radical (unpaired) electrons. The molecule has 10 nitrogen and oxygen atoms in total. The van der Waals surface area contributed by atoms with Crippen LogP contribution in [-0.2, 0) is 4.79 Å². The van der Waals surface area contributed by atoms with Gasteiger partial charge >= 0.3 is 0 Å². The lowest BCUT2D eigenvalue weighted by Gasteiger charge is -2.28. The zero-order valence-electron chi connectivity index (χ0n) is 19.8. The number of aliphatic hydroxyl groups excluding tert-OH is 1. The van der Waals surface area contributed by atoms with E-state index in [-0.39, 0.29) is 11.8 Å². The van der Waals surface area contributed by atoms with Gasteiger partial charge in [0.1, 0.15) is 29.8 Å². The average Bonchev–Trinajstić information content (AvgIpc) is 3.43. The van der Waals surface area contributed by atoms with Gasteiger partial charge in [-0.1, -0.05) is 19.9 Å². The number of nitrogens with two attached hydrogens (primary N) is 1. The van der Waals surface area contributed by atoms with Crippen LogP contribution in [0.3, 0.4) is 0 Å². The number of H-pyrrole nitrogens is 1. The minimum Gasteiger partial charge on any atom is -0.496 e. The Morgan fingerprint density at radius 3 is 2.74 bits per heavy atom. The number of aromatic amines is 1. The molecule has 1 aromatic heterocycles. The second-order valence-electron chi connectivity index (χ2n) is 9.21. The van der Waals surface area contributed by atoms with Crippen LogP contribution >= 0.6 is 0 Å². The number of methoxy groups -OCH3 is 1. The number of rotatable bonds is 10. The van der Waals surface area contributed by atoms with Gasteiger partial charge in [0, 0.05) is 16.8 Å². The SMILES string of the molecule is COc1cccc2[nH]c(C(=O)N[C@@H](CC(C)C)C(=O)N[C@@H](C[C@@H]3CCNC3O)C(N)C#N)cc12. The summed E-state index contributed by atoms with van der Waals surface area (Å²) in [5, 5.41) is 28.8. The number of ether oxygens (including phenoxy) is 1. The molecule has 2 unspecified atom stereocenters. The number of carbonyl (C=O) groups excluding carboxylic acids is 2. The van der Waals surface area contributed by atoms with E-state index in [9.17, 15) is 20.0 Å². The summed E-state index contributed by atoms with van der Waals surface area (Å²) in [5.41, 5.74) is 7.03. The Kier molecular flexibility index (Phi) is 8.50. The largest absolute Gasteiger partial charge is 0.496 e. The number of hydrogen-bond acceptors (Lipinski definition) is 7. The van der Waals surface area contributed by atoms with Gasteiger partial charge in [0.25, 0.3) is 5.91 Å². The molecule has 34 heavy (non-hydrogen) atoms. The Hall–Kier alpha value is -3.13. The molecule has 1 aliphatic heterocycles. The van der Waals surface area contributed by atoms with Crippen LogP contribution in [0.1, 0.15) is 43.6 Å². The maximum Gasteiger partial charge on any atom is 0.268 e. The number of carbonyl (C=O) groups is 2. The van der Waals surface area contributed by atoms with Crippen molar-refractivity contribution in [1.29, 1.82) is 5.26 Å². The molecule has 0 saturated carbocycles. The minimum absolute atomic E-state index is 0.121. The topological polar surface area (TPSA) is 165 Å². The van der Waals surface area contributed by atoms with Crippen LogP contribution in [-0.4, -0.2) is 59.9 Å². The summed E-state index contributed by atoms with van der Waals surface area (Å²) in [4.78, 5) is 29.3. The maximum absolute atomic E-state index is 13.2. The highest BCUT2D eigenvalue weighted by Gasteiger charge is 2.33. The monoisotopic (exact) mass is 470 g/mol. The Bertz CT molecular complexity index is 1050. The standard InChI is InChI=1S/C24H34N6O4/c1-13(2)9-19(23(32)29-18(16(26)12-25)10-14-7-8-27-22(14)31)30-24(33)20-11-15-17(28-20)5-4-6-21(15)34-3/h4-6,11,13-14,16,18-19,22,27-28,31H,7-10,26H2,1-3H3,(H,29,32)(H,30,33)/t14-,16?,18-,19-,22?/m0/s1. The number of hydrogen-bond donors (Lipinski definition) is 6. The van der Waals surface area contributed by atoms with Gasteiger partial charge in [-0.05, 0) is 49.9 Å². The summed E-state index contributed by atoms with van der Waals surface area (Å²) in [6.07, 6.45) is 0.791. The third-order valence-corrected chi connectivity index (χ3v) is 6.20. The first-order chi connectivity index (χ1) is 16.2. The predicted molar refractivity (Wildman–Crippen MR) is 128 cm³/mol. The van der Waals surface area contributed by atoms with Crippen LogP contribution in [0.2, 0.25) is 0 Å². The van der Waals surface area contributed by atoms with Gasteiger partial charge in [0.05, 0.1) is 19.2 Å². The highest BCUT2D eigenvalue weighted by Crippen LogP contribution is 2.26. The van der Waals surface area contributed by atoms with Gasteiger partial charge < -0.3 is 31.2 Å². The zero-order valence-corrected chi connectivity index (χ0v) is 19.8. The summed E-state index contributed by atoms with van der Waals surface area (Å²) in [6, 6.07) is 6.74. The van der Waals surface area contributed by atoms with Gasteiger partial charge in [-0.3, -0.25) is 14.9 Å². The number of aromatic nitrogens is 1. The van der Waals surface area contributed by atoms with E-state index < -0.39 is 36.2 Å². The quantitative estimate of drug-likeness (QED) is 0.301. The Morgan fingerprint density at radius 2 is 2.12 bits per heavy atom. The van der Waals surface area contributed by atoms with Gasteiger partial charge in [0.15, 0.2) is 0 Å². The van der Waals surface area contributed by atoms with Crippen molar-refractivity contribution >= 4 is 22.7 Å². The van der Waals surface area contributed by atoms with Crippen LogP contribution in [0.15, 0.2) is 24.3 Å². The van der Waals surface area contributed by atoms with Crippen LogP contribution in [0.5, 0.6) is 5.75 Å². The fourth-order valence-corrected chi connectivity index (χ4v) is 4.35. The molecule has 1 aliphatic rings. The lowest BCUT2D eigenvalue weighted by molar-refractivity contribution is -0.124. The number of nitrogens with one attached hydrogen (secondary N) is 4. The van der Waals surface area contributed by atoms with E-state index >= 15 is 0 Å². The van der Waals surface area contributed by atoms with E-state index in [2.05, 4.69) is 20.9 Å². The number of amides is 2. The van der Waals surface area contributed by atoms with E-state index in [1.165, 1.54) is 0 Å². The number of fused-ring (bicyclic) bond motifs is 1. The number of benzene rings is 1. The van der Waals surface area contributed by atoms with Crippen LogP contribution in [0.25, 0.3) is 10.9 Å². The van der Waals surface area contributed by atoms with E-state index in [1.807, 2.05) is 38.1 Å². The van der Waals surface area contributed by atoms with Gasteiger partial charge in [-0.15, -0.1) is 0 Å². The van der Waals surface area contributed by atoms with Gasteiger partial charge in [0.2, 0.25) is 5.91 Å². The molecule has 3 rings (SSSR count). The third kappa shape index (κ3) is 6.05. The summed E-state index contributed by atoms with van der Waals surface area (Å²) < 4.78 is 5.36. The summed E-state index contributed by atoms with van der Waals surface area (Å²) >= 11 is 0. The molecule has 5 atom stereocenters. The smallest absolute Gasteiger partial charge is 0.268 e. The van der Waals surface area contributed by atoms with Crippen molar-refractivity contribution in [3.63, 3.8) is 0 Å². The fourth-order valence-electron chi connectivity index (χ4n) is 4.35. The Balaban J connectivity index is 1.75. The van der Waals surface area contributed by atoms with Crippen molar-refractivity contribution in [1.82, 2.24) is 20.9 Å². The van der Waals surface area contributed by atoms with Crippen molar-refractivity contribution < 1.29 is 19.4 Å². The highest BCUT2D eigenvalue weighted by atomic mass is 16.5. The minimum atomic E-state index is -0.937. The van der Waals surface area contributed by atoms with Gasteiger partial charge in [-0.2, -0.15) is 5.26 Å². The molecular weight excluding hydrogens is 436 g/mol. The van der Waals surface area contributed by atoms with Crippen molar-refractivity contribution in [3.05, 3.63) is 30.0 Å². The first-order valence-corrected chi connectivity index (χ1v) is 11.6. The zero-order chi connectivity index (χ0) is 24.8. The maximum atomic E-state index is 13.2. The molecule has 2 aromatic rings. The van der Waals surface area contributed by atoms with E-state index in [0.717, 1.165) is 17.3 Å². The molecular formula is C24H34N6O4. The molecule has 1 saturated heterocycles. The highest BCUT2D eigenvalue weighted by molar-refractivity contribution is 6.01. The summed E-state index contributed by atoms with van der Waals surface area (Å²) in [5.74, 6) is -0.185. The lowest BCUT2D eigenvalue weighted by atomic mass is 9.93. The van der Waals surface area contributed by atoms with Crippen molar-refractivity contribution in [2.45, 2.75) is 57.5 Å². The summed E-state index contributed by atoms with van der Waals surface area (Å²) in [6.45, 7) is 4.58. The molecule has 2 heterocycles. The Labute approximate surface area is 199 Å². The third-order valence-electron chi connectivity index (χ3n) is 6.20. The number of nitriles is 1. The van der Waals surface area contributed by atoms with E-state index in [4.69, 9.17) is 10.5 Å². The first kappa shape index (κ1) is 25.5. The van der Waals surface area contributed by atoms with E-state index in [1.54, 1.807) is 13.2 Å². The normalized spacial score (nSPS) is 20.5. The molecule has 1 aromatic carbocycles. The lowest BCUT2D eigenvalue weighted by Crippen LogP contribution is -2.55. The second-order valence-corrected chi connectivity index (χ2v) is 9.21. The molecule has 7 N–H and O–H groups in total. The van der Waals surface area contributed by atoms with Gasteiger partial charge in [-0.25, -0.2) is 0 Å². The fraction of sp³-hybridized carbons (Fsp3) is 0.542. The van der Waals surface area contributed by atoms with Crippen molar-refractivity contribution in [2.75, 3.05) is 13.7 Å². The molecule has 184 valence electrons.